The molecule has 4 heterocycles. The summed E-state index contributed by atoms with van der Waals surface area (Å²) in [4.78, 5) is 33.8. The highest BCUT2D eigenvalue weighted by atomic mass is 35.5. The fraction of sp³-hybridized carbons (Fsp3) is 0.275. The first-order valence-corrected chi connectivity index (χ1v) is 21.4. The van der Waals surface area contributed by atoms with E-state index < -0.39 is 129 Å². The van der Waals surface area contributed by atoms with E-state index in [1.807, 2.05) is 4.72 Å². The predicted octanol–water partition coefficient (Wildman–Crippen LogP) is 7.50. The van der Waals surface area contributed by atoms with Crippen LogP contribution < -0.4 is 15.6 Å². The number of hydrogen-bond acceptors (Lipinski definition) is 9. The van der Waals surface area contributed by atoms with Crippen LogP contribution in [0.2, 0.25) is 5.02 Å². The van der Waals surface area contributed by atoms with Crippen LogP contribution in [0.25, 0.3) is 38.8 Å². The van der Waals surface area contributed by atoms with Crippen LogP contribution in [0.3, 0.4) is 0 Å². The molecule has 14 nitrogen and oxygen atoms in total. The van der Waals surface area contributed by atoms with E-state index in [1.54, 1.807) is 12.1 Å². The maximum absolute atomic E-state index is 15.5. The van der Waals surface area contributed by atoms with Gasteiger partial charge in [0.15, 0.2) is 5.82 Å². The molecule has 2 aliphatic rings. The minimum absolute atomic E-state index is 0.0702. The van der Waals surface area contributed by atoms with E-state index in [1.165, 1.54) is 24.4 Å². The summed E-state index contributed by atoms with van der Waals surface area (Å²) in [6.07, 6.45) is -6.93. The number of carbonyl (C=O) groups is 1. The molecular weight excluding hydrogens is 923 g/mol. The maximum atomic E-state index is 15.5. The third kappa shape index (κ3) is 8.12. The largest absolute Gasteiger partial charge is 0.408 e. The first-order chi connectivity index (χ1) is 30.6. The average molecular weight is 951 g/mol. The van der Waals surface area contributed by atoms with E-state index in [-0.39, 0.29) is 33.5 Å². The summed E-state index contributed by atoms with van der Waals surface area (Å²) in [6.45, 7) is -2.98. The molecule has 2 N–H and O–H groups in total. The van der Waals surface area contributed by atoms with Crippen molar-refractivity contribution in [1.29, 1.82) is 0 Å². The molecule has 0 radical (unpaired) electrons. The number of nitrogens with zero attached hydrogens (tertiary/aromatic N) is 8. The van der Waals surface area contributed by atoms with Crippen molar-refractivity contribution >= 4 is 55.2 Å². The summed E-state index contributed by atoms with van der Waals surface area (Å²) in [5.41, 5.74) is -3.90. The Morgan fingerprint density at radius 1 is 1.02 bits per heavy atom. The van der Waals surface area contributed by atoms with Crippen LogP contribution in [-0.2, 0) is 40.3 Å². The van der Waals surface area contributed by atoms with E-state index >= 15 is 8.78 Å². The van der Waals surface area contributed by atoms with Gasteiger partial charge in [0.1, 0.15) is 41.9 Å². The van der Waals surface area contributed by atoms with Gasteiger partial charge in [0, 0.05) is 35.7 Å². The number of hydrogen-bond donors (Lipinski definition) is 2. The third-order valence-corrected chi connectivity index (χ3v) is 11.8. The summed E-state index contributed by atoms with van der Waals surface area (Å²) >= 11 is 6.50. The molecule has 0 bridgehead atoms. The minimum Gasteiger partial charge on any atom is -0.344 e. The Kier molecular flexibility index (Phi) is 10.5. The van der Waals surface area contributed by atoms with Crippen molar-refractivity contribution in [2.75, 3.05) is 11.0 Å². The van der Waals surface area contributed by atoms with E-state index in [0.29, 0.717) is 32.9 Å². The lowest BCUT2D eigenvalue weighted by molar-refractivity contribution is -0.141. The van der Waals surface area contributed by atoms with Crippen LogP contribution in [-0.4, -0.2) is 66.1 Å². The van der Waals surface area contributed by atoms with Crippen LogP contribution in [0.5, 0.6) is 0 Å². The zero-order valence-corrected chi connectivity index (χ0v) is 34.5. The average Bonchev–Trinajstić information content (AvgIpc) is 3.74. The van der Waals surface area contributed by atoms with Crippen LogP contribution in [0, 0.1) is 17.6 Å². The lowest BCUT2D eigenvalue weighted by Crippen LogP contribution is -2.38. The van der Waals surface area contributed by atoms with Crippen molar-refractivity contribution in [2.24, 2.45) is 5.92 Å². The number of amides is 1. The number of fused-ring (bicyclic) bond motifs is 5. The van der Waals surface area contributed by atoms with Crippen molar-refractivity contribution in [2.45, 2.75) is 56.4 Å². The third-order valence-electron chi connectivity index (χ3n) is 10.9. The summed E-state index contributed by atoms with van der Waals surface area (Å²) in [6, 6.07) is 10.0. The van der Waals surface area contributed by atoms with Crippen molar-refractivity contribution in [3.63, 3.8) is 0 Å². The van der Waals surface area contributed by atoms with Gasteiger partial charge < -0.3 is 5.32 Å². The highest BCUT2D eigenvalue weighted by molar-refractivity contribution is 7.92. The molecule has 1 saturated carbocycles. The first-order valence-electron chi connectivity index (χ1n) is 19.2. The Labute approximate surface area is 364 Å². The second-order valence-corrected chi connectivity index (χ2v) is 17.7. The molecule has 9 rings (SSSR count). The van der Waals surface area contributed by atoms with Gasteiger partial charge in [-0.1, -0.05) is 17.7 Å². The summed E-state index contributed by atoms with van der Waals surface area (Å²) in [5, 5.41) is 17.0. The van der Waals surface area contributed by atoms with Crippen molar-refractivity contribution < 1.29 is 52.7 Å². The molecule has 7 aromatic rings. The Bertz CT molecular complexity index is 3250. The normalized spacial score (nSPS) is 17.1. The summed E-state index contributed by atoms with van der Waals surface area (Å²) in [5.74, 6) is -10.4. The van der Waals surface area contributed by atoms with Crippen molar-refractivity contribution in [3.8, 4) is 16.9 Å². The van der Waals surface area contributed by atoms with E-state index in [9.17, 15) is 48.7 Å². The zero-order valence-electron chi connectivity index (χ0n) is 32.9. The summed E-state index contributed by atoms with van der Waals surface area (Å²) < 4.78 is 160. The van der Waals surface area contributed by atoms with Crippen LogP contribution in [0.4, 0.5) is 45.3 Å². The smallest absolute Gasteiger partial charge is 0.344 e. The number of halogens is 10. The molecule has 1 amide bonds. The molecule has 65 heavy (non-hydrogen) atoms. The van der Waals surface area contributed by atoms with E-state index in [0.717, 1.165) is 28.8 Å². The van der Waals surface area contributed by atoms with Crippen molar-refractivity contribution in [1.82, 2.24) is 44.6 Å². The molecule has 0 saturated heterocycles. The Hall–Kier alpha value is -6.56. The summed E-state index contributed by atoms with van der Waals surface area (Å²) in [7, 11) is -4.24. The molecule has 0 aliphatic heterocycles. The monoisotopic (exact) mass is 950 g/mol. The van der Waals surface area contributed by atoms with Crippen LogP contribution >= 0.6 is 11.6 Å². The number of alkyl halides is 7. The topological polar surface area (TPSA) is 172 Å². The fourth-order valence-electron chi connectivity index (χ4n) is 8.38. The lowest BCUT2D eigenvalue weighted by Gasteiger charge is -2.24. The standard InChI is InChI=1S/C40H28ClF9N10O4S/c1-65(63,64)57-36-31-24(41)6-7-28(33(31)59(56-36)16-39(46,47)48)60-37(53-26-12-18(4-5-21(26)38(60)62)25-3-2-8-51-54-25)27(11-17-9-19(42)13-20(43)10-17)52-29(61)15-58-34-30(32(55-58)35(44)45)22-14-23(22)40(34,49)50/h2-10,12-13,22-23,27,35H,11,14-16H2,1H3,(H,52,61)(H,56,57)/t22-,23+,27-/m0/s1. The highest BCUT2D eigenvalue weighted by Gasteiger charge is 2.67. The molecule has 1 fully saturated rings. The van der Waals surface area contributed by atoms with Gasteiger partial charge in [0.05, 0.1) is 50.5 Å². The maximum Gasteiger partial charge on any atom is 0.408 e. The molecule has 4 aromatic heterocycles. The van der Waals surface area contributed by atoms with Gasteiger partial charge in [-0.05, 0) is 66.4 Å². The first kappa shape index (κ1) is 43.7. The predicted molar refractivity (Wildman–Crippen MR) is 214 cm³/mol. The molecular formula is C40H28ClF9N10O4S. The number of rotatable bonds is 12. The van der Waals surface area contributed by atoms with Crippen molar-refractivity contribution in [3.05, 3.63) is 122 Å². The molecule has 338 valence electrons. The number of sulfonamides is 1. The number of aromatic nitrogens is 8. The minimum atomic E-state index is -5.01. The second-order valence-electron chi connectivity index (χ2n) is 15.5. The van der Waals surface area contributed by atoms with E-state index in [4.69, 9.17) is 16.6 Å². The number of carbonyl (C=O) groups excluding carboxylic acids is 1. The van der Waals surface area contributed by atoms with Gasteiger partial charge in [-0.15, -0.1) is 0 Å². The van der Waals surface area contributed by atoms with Gasteiger partial charge in [0.2, 0.25) is 15.9 Å². The number of nitrogens with one attached hydrogen (secondary N) is 2. The van der Waals surface area contributed by atoms with Crippen LogP contribution in [0.15, 0.2) is 71.7 Å². The van der Waals surface area contributed by atoms with Gasteiger partial charge in [-0.2, -0.15) is 42.3 Å². The van der Waals surface area contributed by atoms with Gasteiger partial charge in [0.25, 0.3) is 17.9 Å². The Morgan fingerprint density at radius 3 is 2.42 bits per heavy atom. The van der Waals surface area contributed by atoms with Gasteiger partial charge in [-0.3, -0.25) is 28.2 Å². The zero-order chi connectivity index (χ0) is 46.5. The SMILES string of the molecule is CS(=O)(=O)Nc1nn(CC(F)(F)F)c2c(-n3c([C@H](Cc4cc(F)cc(F)c4)NC(=O)Cn4nc(C(F)F)c5c4C(F)(F)[C@@H]4C[C@H]54)nc4cc(-c5cccnn5)ccc4c3=O)ccc(Cl)c12. The lowest BCUT2D eigenvalue weighted by atomic mass is 10.0. The molecule has 2 aliphatic carbocycles. The second kappa shape index (κ2) is 15.6. The quantitative estimate of drug-likeness (QED) is 0.118. The van der Waals surface area contributed by atoms with Crippen LogP contribution in [0.1, 0.15) is 53.1 Å². The number of benzene rings is 3. The fourth-order valence-corrected chi connectivity index (χ4v) is 9.12. The molecule has 25 heteroatoms. The molecule has 3 aromatic carbocycles. The molecule has 0 spiro atoms. The van der Waals surface area contributed by atoms with Gasteiger partial charge in [-0.25, -0.2) is 31.0 Å². The molecule has 3 atom stereocenters. The highest BCUT2D eigenvalue weighted by Crippen LogP contribution is 2.68. The Morgan fingerprint density at radius 2 is 1.75 bits per heavy atom. The van der Waals surface area contributed by atoms with E-state index in [2.05, 4.69) is 25.7 Å². The molecule has 0 unspecified atom stereocenters. The Balaban J connectivity index is 1.29. The number of anilines is 1. The van der Waals surface area contributed by atoms with Gasteiger partial charge >= 0.3 is 6.18 Å².